The number of aromatic carboxylic acids is 2. The van der Waals surface area contributed by atoms with Gasteiger partial charge < -0.3 is 55.3 Å². The molecule has 12 aromatic rings. The van der Waals surface area contributed by atoms with Crippen molar-refractivity contribution in [2.75, 3.05) is 20.0 Å². The molecule has 0 saturated heterocycles. The number of nitrogens with two attached hydrogens (primary N) is 1. The van der Waals surface area contributed by atoms with Gasteiger partial charge in [0.05, 0.1) is 105 Å². The number of nitro benzene ring substituents is 5. The lowest BCUT2D eigenvalue weighted by atomic mass is 9.92. The van der Waals surface area contributed by atoms with Crippen LogP contribution in [0, 0.1) is 73.2 Å². The molecule has 6 aromatic heterocycles. The van der Waals surface area contributed by atoms with E-state index < -0.39 is 42.5 Å². The van der Waals surface area contributed by atoms with Crippen molar-refractivity contribution in [3.8, 4) is 12.1 Å². The van der Waals surface area contributed by atoms with Gasteiger partial charge in [0.1, 0.15) is 12.1 Å². The van der Waals surface area contributed by atoms with Gasteiger partial charge >= 0.3 is 23.9 Å². The summed E-state index contributed by atoms with van der Waals surface area (Å²) in [6, 6.07) is 31.8. The Labute approximate surface area is 641 Å². The molecule has 0 unspecified atom stereocenters. The molecule has 0 radical (unpaired) electrons. The summed E-state index contributed by atoms with van der Waals surface area (Å²) in [4.78, 5) is 116. The summed E-state index contributed by atoms with van der Waals surface area (Å²) in [5.74, 6) is -3.34. The third-order valence-electron chi connectivity index (χ3n) is 17.7. The summed E-state index contributed by atoms with van der Waals surface area (Å²) in [6.07, 6.45) is 0. The van der Waals surface area contributed by atoms with Gasteiger partial charge in [-0.2, -0.15) is 10.5 Å². The zero-order chi connectivity index (χ0) is 84.3. The number of carbonyl (C=O) groups excluding carboxylic acids is 2. The van der Waals surface area contributed by atoms with E-state index >= 15 is 0 Å². The number of nitriles is 2. The molecule has 32 nitrogen and oxygen atoms in total. The van der Waals surface area contributed by atoms with Gasteiger partial charge in [-0.15, -0.1) is 0 Å². The van der Waals surface area contributed by atoms with E-state index in [1.165, 1.54) is 62.8 Å². The molecule has 0 atom stereocenters. The second kappa shape index (κ2) is 32.2. The van der Waals surface area contributed by atoms with E-state index in [0.29, 0.717) is 76.9 Å². The molecule has 0 aliphatic heterocycles. The molecule has 12 rings (SSSR count). The van der Waals surface area contributed by atoms with Crippen LogP contribution in [0.1, 0.15) is 211 Å². The predicted octanol–water partition coefficient (Wildman–Crippen LogP) is 18.6. The maximum Gasteiger partial charge on any atom is 0.340 e. The number of aromatic amines is 6. The average molecular weight is 1530 g/mol. The fourth-order valence-corrected chi connectivity index (χ4v) is 11.4. The number of non-ortho nitro benzene ring substituents is 5. The van der Waals surface area contributed by atoms with Gasteiger partial charge in [0.15, 0.2) is 0 Å². The number of carbonyl (C=O) groups is 4. The molecule has 6 aromatic carbocycles. The summed E-state index contributed by atoms with van der Waals surface area (Å²) < 4.78 is 9.47. The van der Waals surface area contributed by atoms with Gasteiger partial charge in [-0.3, -0.25) is 50.6 Å². The number of rotatable bonds is 9. The molecule has 0 aliphatic carbocycles. The highest BCUT2D eigenvalue weighted by Gasteiger charge is 2.29. The Balaban J connectivity index is 0.000000187. The van der Waals surface area contributed by atoms with Gasteiger partial charge in [-0.1, -0.05) is 125 Å². The molecule has 6 heterocycles. The maximum atomic E-state index is 11.8. The topological polar surface area (TPSA) is 511 Å². The third-order valence-corrected chi connectivity index (χ3v) is 17.7. The number of carboxylic acid groups (broad SMARTS) is 2. The van der Waals surface area contributed by atoms with Gasteiger partial charge in [0.25, 0.3) is 28.4 Å². The lowest BCUT2D eigenvalue weighted by Gasteiger charge is -2.15. The normalized spacial score (nSPS) is 11.6. The summed E-state index contributed by atoms with van der Waals surface area (Å²) in [7, 11) is 2.62. The van der Waals surface area contributed by atoms with Crippen LogP contribution in [0.25, 0.3) is 65.4 Å². The molecule has 586 valence electrons. The Morgan fingerprint density at radius 2 is 0.527 bits per heavy atom. The first-order chi connectivity index (χ1) is 51.6. The summed E-state index contributed by atoms with van der Waals surface area (Å²) in [6.45, 7) is 36.5. The number of fused-ring (bicyclic) bond motifs is 6. The SMILES string of the molecule is CC(C)(C)c1cc2cc([N+](=O)[O-])cc(C#N)c2[nH]1.CC(C)(C)c1cc2cc([N+](=O)[O-])cc(C#N)c2[nH]1.CC(C)(C)c1cc2cc([N+](=O)[O-])cc(C(=O)O)c2[nH]1.CC(C)(C)c1cc2cc([N+](=O)[O-])cc(C(=O)O)c2[nH]1.COC(=O)c1cc(N)cc2cc(C(C)(C)C)[nH]c12.COC(=O)c1cc([N+](=O)[O-])cc2cc(C(C)(C)C)[nH]c12. The monoisotopic (exact) mass is 1530 g/mol. The van der Waals surface area contributed by atoms with Crippen LogP contribution < -0.4 is 5.73 Å². The average Bonchev–Trinajstić information content (AvgIpc) is 1.60. The van der Waals surface area contributed by atoms with Gasteiger partial charge in [0, 0.05) is 165 Å². The minimum atomic E-state index is -1.18. The molecule has 0 spiro atoms. The van der Waals surface area contributed by atoms with Crippen LogP contribution in [-0.4, -0.2) is 103 Å². The first kappa shape index (κ1) is 85.5. The van der Waals surface area contributed by atoms with Crippen LogP contribution in [0.5, 0.6) is 0 Å². The summed E-state index contributed by atoms with van der Waals surface area (Å²) >= 11 is 0. The molecule has 0 saturated carbocycles. The predicted molar refractivity (Wildman–Crippen MR) is 426 cm³/mol. The van der Waals surface area contributed by atoms with Crippen LogP contribution in [0.4, 0.5) is 34.1 Å². The number of hydrogen-bond acceptors (Lipinski definition) is 19. The molecule has 0 bridgehead atoms. The minimum absolute atomic E-state index is 0.0127. The van der Waals surface area contributed by atoms with Crippen molar-refractivity contribution in [3.63, 3.8) is 0 Å². The van der Waals surface area contributed by atoms with Crippen molar-refractivity contribution >= 4 is 123 Å². The van der Waals surface area contributed by atoms with Gasteiger partial charge in [-0.05, 0) is 48.5 Å². The first-order valence-electron chi connectivity index (χ1n) is 34.6. The highest BCUT2D eigenvalue weighted by Crippen LogP contribution is 2.37. The molecule has 112 heavy (non-hydrogen) atoms. The molecular formula is C80H88N14O18. The van der Waals surface area contributed by atoms with E-state index in [2.05, 4.69) is 50.7 Å². The fraction of sp³-hybridized carbons (Fsp3) is 0.325. The number of benzene rings is 6. The highest BCUT2D eigenvalue weighted by atomic mass is 16.6. The van der Waals surface area contributed by atoms with E-state index in [9.17, 15) is 69.7 Å². The Morgan fingerprint density at radius 3 is 0.741 bits per heavy atom. The third kappa shape index (κ3) is 19.7. The molecule has 0 aliphatic rings. The molecule has 32 heteroatoms. The van der Waals surface area contributed by atoms with Gasteiger partial charge in [0.2, 0.25) is 0 Å². The number of nitro groups is 5. The van der Waals surface area contributed by atoms with E-state index in [1.807, 2.05) is 146 Å². The fourth-order valence-electron chi connectivity index (χ4n) is 11.4. The van der Waals surface area contributed by atoms with Crippen molar-refractivity contribution < 1.29 is 63.5 Å². The number of hydrogen-bond donors (Lipinski definition) is 9. The van der Waals surface area contributed by atoms with Crippen LogP contribution in [0.2, 0.25) is 0 Å². The molecular weight excluding hydrogens is 1440 g/mol. The molecule has 0 amide bonds. The quantitative estimate of drug-likeness (QED) is 0.0280. The van der Waals surface area contributed by atoms with E-state index in [4.69, 9.17) is 35.9 Å². The smallest absolute Gasteiger partial charge is 0.340 e. The van der Waals surface area contributed by atoms with Crippen molar-refractivity contribution in [1.29, 1.82) is 10.5 Å². The molecule has 0 fully saturated rings. The number of nitrogens with zero attached hydrogens (tertiary/aromatic N) is 7. The number of methoxy groups -OCH3 is 2. The highest BCUT2D eigenvalue weighted by molar-refractivity contribution is 6.07. The van der Waals surface area contributed by atoms with E-state index in [0.717, 1.165) is 57.2 Å². The van der Waals surface area contributed by atoms with Crippen molar-refractivity contribution in [3.05, 3.63) is 227 Å². The van der Waals surface area contributed by atoms with E-state index in [-0.39, 0.29) is 83.6 Å². The van der Waals surface area contributed by atoms with Crippen LogP contribution in [0.15, 0.2) is 109 Å². The zero-order valence-electron chi connectivity index (χ0n) is 65.5. The van der Waals surface area contributed by atoms with Crippen molar-refractivity contribution in [2.24, 2.45) is 0 Å². The van der Waals surface area contributed by atoms with E-state index in [1.54, 1.807) is 18.2 Å². The number of anilines is 1. The van der Waals surface area contributed by atoms with Crippen LogP contribution in [0.3, 0.4) is 0 Å². The number of esters is 2. The standard InChI is InChI=1S/C14H16N2O4.C14H18N2O2.2C13H13N3O2.2C13H14N2O4/c1-14(2,3)11-6-8-5-9(16(18)19)7-10(12(8)15-11)13(17)20-4;1-14(2,3)11-6-8-5-9(15)7-10(12(8)16-11)13(17)18-4;2*1-13(2,3)11-6-8-4-10(16(17)18)5-9(7-14)12(8)15-11;2*1-13(2,3)10-5-7-4-8(15(18)19)6-9(12(16)17)11(7)14-10/h5-7,15H,1-4H3;5-7,16H,15H2,1-4H3;2*4-6,15H,1-3H3;2*4-6,14H,1-3H3,(H,16,17). The maximum absolute atomic E-state index is 11.8. The zero-order valence-corrected chi connectivity index (χ0v) is 65.5. The lowest BCUT2D eigenvalue weighted by Crippen LogP contribution is -2.11. The number of nitrogen functional groups attached to an aromatic ring is 1. The lowest BCUT2D eigenvalue weighted by molar-refractivity contribution is -0.384. The number of ether oxygens (including phenoxy) is 2. The minimum Gasteiger partial charge on any atom is -0.478 e. The van der Waals surface area contributed by atoms with Crippen LogP contribution in [-0.2, 0) is 42.0 Å². The number of nitrogens with one attached hydrogen (secondary N) is 6. The van der Waals surface area contributed by atoms with Crippen molar-refractivity contribution in [2.45, 2.75) is 157 Å². The van der Waals surface area contributed by atoms with Gasteiger partial charge in [-0.25, -0.2) is 19.2 Å². The summed E-state index contributed by atoms with van der Waals surface area (Å²) in [5.41, 5.74) is 15.1. The Kier molecular flexibility index (Phi) is 24.6. The summed E-state index contributed by atoms with van der Waals surface area (Å²) in [5, 5.41) is 94.7. The van der Waals surface area contributed by atoms with Crippen molar-refractivity contribution in [1.82, 2.24) is 29.9 Å². The number of carboxylic acids is 2. The second-order valence-electron chi connectivity index (χ2n) is 32.5. The Hall–Kier alpha value is -13.8. The Morgan fingerprint density at radius 1 is 0.330 bits per heavy atom. The first-order valence-corrected chi connectivity index (χ1v) is 34.6. The largest absolute Gasteiger partial charge is 0.478 e. The molecule has 10 N–H and O–H groups in total. The Bertz CT molecular complexity index is 5610. The number of H-pyrrole nitrogens is 6. The second-order valence-corrected chi connectivity index (χ2v) is 32.5. The number of aromatic nitrogens is 6. The van der Waals surface area contributed by atoms with Crippen LogP contribution >= 0.6 is 0 Å².